The zero-order chi connectivity index (χ0) is 19.6. The molecule has 27 heavy (non-hydrogen) atoms. The number of sulfonamides is 1. The van der Waals surface area contributed by atoms with Crippen LogP contribution in [0.5, 0.6) is 0 Å². The second-order valence-corrected chi connectivity index (χ2v) is 8.64. The maximum Gasteiger partial charge on any atom is 0.243 e. The van der Waals surface area contributed by atoms with E-state index >= 15 is 0 Å². The fourth-order valence-electron chi connectivity index (χ4n) is 2.68. The van der Waals surface area contributed by atoms with Crippen LogP contribution in [0.2, 0.25) is 5.02 Å². The monoisotopic (exact) mass is 431 g/mol. The van der Waals surface area contributed by atoms with Crippen molar-refractivity contribution in [2.45, 2.75) is 4.90 Å². The van der Waals surface area contributed by atoms with Crippen LogP contribution in [0, 0.1) is 11.6 Å². The summed E-state index contributed by atoms with van der Waals surface area (Å²) in [7, 11) is -3.76. The van der Waals surface area contributed by atoms with Crippen molar-refractivity contribution < 1.29 is 17.2 Å². The van der Waals surface area contributed by atoms with Crippen molar-refractivity contribution in [3.8, 4) is 0 Å². The SMILES string of the molecule is O=S(=O)(c1cccc(F)c1)N1CCN(C(=S)Nc2ccc(F)c(Cl)c2)CC1. The first-order chi connectivity index (χ1) is 12.8. The van der Waals surface area contributed by atoms with E-state index in [4.69, 9.17) is 23.8 Å². The van der Waals surface area contributed by atoms with Gasteiger partial charge in [0.2, 0.25) is 10.0 Å². The van der Waals surface area contributed by atoms with Gasteiger partial charge in [0.25, 0.3) is 0 Å². The van der Waals surface area contributed by atoms with Gasteiger partial charge in [-0.25, -0.2) is 17.2 Å². The number of nitrogens with zero attached hydrogens (tertiary/aromatic N) is 2. The van der Waals surface area contributed by atoms with Crippen molar-refractivity contribution in [3.05, 3.63) is 59.1 Å². The first-order valence-electron chi connectivity index (χ1n) is 8.04. The summed E-state index contributed by atoms with van der Waals surface area (Å²) in [4.78, 5) is 1.74. The first kappa shape index (κ1) is 19.9. The Morgan fingerprint density at radius 3 is 2.41 bits per heavy atom. The van der Waals surface area contributed by atoms with E-state index in [0.717, 1.165) is 6.07 Å². The third-order valence-electron chi connectivity index (χ3n) is 4.13. The number of anilines is 1. The van der Waals surface area contributed by atoms with Gasteiger partial charge in [-0.1, -0.05) is 17.7 Å². The average Bonchev–Trinajstić information content (AvgIpc) is 2.65. The Bertz CT molecular complexity index is 964. The van der Waals surface area contributed by atoms with Crippen molar-refractivity contribution in [2.75, 3.05) is 31.5 Å². The lowest BCUT2D eigenvalue weighted by Gasteiger charge is -2.35. The van der Waals surface area contributed by atoms with Gasteiger partial charge in [-0.2, -0.15) is 4.31 Å². The molecule has 2 aromatic rings. The van der Waals surface area contributed by atoms with Crippen LogP contribution < -0.4 is 5.32 Å². The molecule has 0 saturated carbocycles. The highest BCUT2D eigenvalue weighted by molar-refractivity contribution is 7.89. The molecular formula is C17H16ClF2N3O2S2. The van der Waals surface area contributed by atoms with E-state index in [1.54, 1.807) is 0 Å². The average molecular weight is 432 g/mol. The summed E-state index contributed by atoms with van der Waals surface area (Å²) in [5, 5.41) is 3.33. The molecule has 1 N–H and O–H groups in total. The number of hydrogen-bond donors (Lipinski definition) is 1. The number of benzene rings is 2. The predicted octanol–water partition coefficient (Wildman–Crippen LogP) is 3.32. The zero-order valence-electron chi connectivity index (χ0n) is 14.0. The normalized spacial score (nSPS) is 15.6. The number of nitrogens with one attached hydrogen (secondary N) is 1. The molecule has 1 fully saturated rings. The second-order valence-electron chi connectivity index (χ2n) is 5.91. The van der Waals surface area contributed by atoms with Crippen LogP contribution in [0.15, 0.2) is 47.4 Å². The summed E-state index contributed by atoms with van der Waals surface area (Å²) >= 11 is 11.1. The molecule has 1 heterocycles. The Morgan fingerprint density at radius 1 is 1.07 bits per heavy atom. The Balaban J connectivity index is 1.62. The molecule has 0 aliphatic carbocycles. The number of hydrogen-bond acceptors (Lipinski definition) is 3. The molecular weight excluding hydrogens is 416 g/mol. The fourth-order valence-corrected chi connectivity index (χ4v) is 4.62. The number of halogens is 3. The van der Waals surface area contributed by atoms with E-state index in [2.05, 4.69) is 5.32 Å². The summed E-state index contributed by atoms with van der Waals surface area (Å²) in [5.74, 6) is -1.12. The molecule has 10 heteroatoms. The number of piperazine rings is 1. The van der Waals surface area contributed by atoms with Crippen LogP contribution in [-0.4, -0.2) is 48.9 Å². The third-order valence-corrected chi connectivity index (χ3v) is 6.68. The smallest absolute Gasteiger partial charge is 0.243 e. The van der Waals surface area contributed by atoms with E-state index in [0.29, 0.717) is 23.9 Å². The lowest BCUT2D eigenvalue weighted by Crippen LogP contribution is -2.51. The molecule has 1 saturated heterocycles. The molecule has 0 spiro atoms. The minimum atomic E-state index is -3.76. The topological polar surface area (TPSA) is 52.7 Å². The molecule has 0 amide bonds. The Morgan fingerprint density at radius 2 is 1.78 bits per heavy atom. The predicted molar refractivity (Wildman–Crippen MR) is 104 cm³/mol. The lowest BCUT2D eigenvalue weighted by atomic mass is 10.3. The van der Waals surface area contributed by atoms with Crippen molar-refractivity contribution in [2.24, 2.45) is 0 Å². The van der Waals surface area contributed by atoms with Gasteiger partial charge < -0.3 is 10.2 Å². The third kappa shape index (κ3) is 4.55. The quantitative estimate of drug-likeness (QED) is 0.755. The molecule has 3 rings (SSSR count). The summed E-state index contributed by atoms with van der Waals surface area (Å²) in [6.45, 7) is 1.17. The summed E-state index contributed by atoms with van der Waals surface area (Å²) in [6, 6.07) is 9.11. The molecule has 1 aliphatic rings. The van der Waals surface area contributed by atoms with Crippen molar-refractivity contribution in [1.82, 2.24) is 9.21 Å². The van der Waals surface area contributed by atoms with Crippen LogP contribution in [-0.2, 0) is 10.0 Å². The van der Waals surface area contributed by atoms with Crippen LogP contribution >= 0.6 is 23.8 Å². The van der Waals surface area contributed by atoms with Crippen LogP contribution in [0.25, 0.3) is 0 Å². The van der Waals surface area contributed by atoms with Gasteiger partial charge in [0, 0.05) is 31.9 Å². The summed E-state index contributed by atoms with van der Waals surface area (Å²) in [6.07, 6.45) is 0. The molecule has 2 aromatic carbocycles. The largest absolute Gasteiger partial charge is 0.346 e. The highest BCUT2D eigenvalue weighted by Crippen LogP contribution is 2.21. The molecule has 0 atom stereocenters. The Labute approximate surface area is 166 Å². The van der Waals surface area contributed by atoms with E-state index in [9.17, 15) is 17.2 Å². The van der Waals surface area contributed by atoms with Gasteiger partial charge in [0.1, 0.15) is 11.6 Å². The van der Waals surface area contributed by atoms with E-state index in [1.165, 1.54) is 40.7 Å². The highest BCUT2D eigenvalue weighted by atomic mass is 35.5. The van der Waals surface area contributed by atoms with Gasteiger partial charge in [0.15, 0.2) is 5.11 Å². The molecule has 144 valence electrons. The van der Waals surface area contributed by atoms with Crippen LogP contribution in [0.4, 0.5) is 14.5 Å². The van der Waals surface area contributed by atoms with Gasteiger partial charge in [-0.05, 0) is 48.6 Å². The van der Waals surface area contributed by atoms with E-state index in [-0.39, 0.29) is 23.0 Å². The van der Waals surface area contributed by atoms with E-state index in [1.807, 2.05) is 4.90 Å². The molecule has 0 bridgehead atoms. The van der Waals surface area contributed by atoms with Crippen LogP contribution in [0.3, 0.4) is 0 Å². The van der Waals surface area contributed by atoms with Crippen molar-refractivity contribution >= 4 is 44.6 Å². The van der Waals surface area contributed by atoms with Gasteiger partial charge in [0.05, 0.1) is 9.92 Å². The van der Waals surface area contributed by atoms with Crippen molar-refractivity contribution in [1.29, 1.82) is 0 Å². The fraction of sp³-hybridized carbons (Fsp3) is 0.235. The minimum Gasteiger partial charge on any atom is -0.346 e. The van der Waals surface area contributed by atoms with Gasteiger partial charge in [-0.15, -0.1) is 0 Å². The molecule has 0 aromatic heterocycles. The van der Waals surface area contributed by atoms with Gasteiger partial charge in [-0.3, -0.25) is 0 Å². The lowest BCUT2D eigenvalue weighted by molar-refractivity contribution is 0.268. The Kier molecular flexibility index (Phi) is 5.95. The molecule has 5 nitrogen and oxygen atoms in total. The molecule has 1 aliphatic heterocycles. The maximum absolute atomic E-state index is 13.3. The molecule has 0 unspecified atom stereocenters. The molecule has 0 radical (unpaired) electrons. The number of rotatable bonds is 3. The second kappa shape index (κ2) is 8.05. The Hall–Kier alpha value is -1.81. The first-order valence-corrected chi connectivity index (χ1v) is 10.3. The summed E-state index contributed by atoms with van der Waals surface area (Å²) < 4.78 is 53.1. The maximum atomic E-state index is 13.3. The van der Waals surface area contributed by atoms with Gasteiger partial charge >= 0.3 is 0 Å². The van der Waals surface area contributed by atoms with Crippen molar-refractivity contribution in [3.63, 3.8) is 0 Å². The number of thiocarbonyl (C=S) groups is 1. The minimum absolute atomic E-state index is 0.0196. The standard InChI is InChI=1S/C17H16ClF2N3O2S2/c18-15-11-13(4-5-16(15)20)21-17(26)22-6-8-23(9-7-22)27(24,25)14-3-1-2-12(19)10-14/h1-5,10-11H,6-9H2,(H,21,26). The summed E-state index contributed by atoms with van der Waals surface area (Å²) in [5.41, 5.74) is 0.543. The highest BCUT2D eigenvalue weighted by Gasteiger charge is 2.29. The van der Waals surface area contributed by atoms with Crippen LogP contribution in [0.1, 0.15) is 0 Å². The zero-order valence-corrected chi connectivity index (χ0v) is 16.4. The van der Waals surface area contributed by atoms with E-state index < -0.39 is 21.7 Å².